The zero-order valence-corrected chi connectivity index (χ0v) is 25.8. The van der Waals surface area contributed by atoms with Crippen LogP contribution in [0.5, 0.6) is 5.75 Å². The van der Waals surface area contributed by atoms with Crippen molar-refractivity contribution in [1.29, 1.82) is 5.26 Å². The molecule has 2 atom stereocenters. The van der Waals surface area contributed by atoms with Gasteiger partial charge in [-0.15, -0.1) is 0 Å². The molecule has 256 valence electrons. The lowest BCUT2D eigenvalue weighted by molar-refractivity contribution is -0.143. The van der Waals surface area contributed by atoms with Crippen LogP contribution in [0.1, 0.15) is 84.8 Å². The minimum absolute atomic E-state index is 0.0113. The first-order chi connectivity index (χ1) is 22.5. The number of rotatable bonds is 10. The maximum atomic E-state index is 13.8. The lowest BCUT2D eigenvalue weighted by Gasteiger charge is -2.46. The number of ether oxygens (including phenoxy) is 2. The Morgan fingerprint density at radius 2 is 1.81 bits per heavy atom. The molecule has 1 aliphatic heterocycles. The quantitative estimate of drug-likeness (QED) is 0.134. The van der Waals surface area contributed by atoms with E-state index < -0.39 is 47.1 Å². The molecule has 0 aliphatic carbocycles. The third-order valence-electron chi connectivity index (χ3n) is 7.85. The largest absolute Gasteiger partial charge is 0.490 e. The molecule has 3 aromatic rings. The number of hydrogen-bond acceptors (Lipinski definition) is 8. The standard InChI is InChI=1S/C32H31F6N5O5/c1-3-30(40)15-23(22-14-20(31(33,34)35)7-8-25(22)43(30)29(45)46)28-41-17-26(48-9-5-6-27(44)47-4-2)24(42-28)13-18-10-19(16-39)12-21(11-18)32(36,37)38/h7-8,10-12,14,17,23H,3-6,9,13,15,40H2,1-2H3,(H,45,46)/t23-,30+/m0/s1. The number of benzene rings is 2. The number of nitrogens with two attached hydrogens (primary N) is 1. The molecule has 3 N–H and O–H groups in total. The van der Waals surface area contributed by atoms with Gasteiger partial charge in [-0.25, -0.2) is 14.8 Å². The van der Waals surface area contributed by atoms with Crippen molar-refractivity contribution in [3.63, 3.8) is 0 Å². The molecule has 48 heavy (non-hydrogen) atoms. The number of hydrogen-bond donors (Lipinski definition) is 2. The van der Waals surface area contributed by atoms with Gasteiger partial charge in [-0.3, -0.25) is 9.69 Å². The Balaban J connectivity index is 1.84. The van der Waals surface area contributed by atoms with Gasteiger partial charge in [-0.05, 0) is 73.7 Å². The smallest absolute Gasteiger partial charge is 0.416 e. The second-order valence-electron chi connectivity index (χ2n) is 11.1. The van der Waals surface area contributed by atoms with Crippen LogP contribution in [-0.4, -0.2) is 46.0 Å². The maximum Gasteiger partial charge on any atom is 0.416 e. The van der Waals surface area contributed by atoms with Gasteiger partial charge in [-0.1, -0.05) is 6.92 Å². The van der Waals surface area contributed by atoms with Crippen molar-refractivity contribution in [3.05, 3.63) is 81.9 Å². The molecule has 0 saturated carbocycles. The molecular formula is C32H31F6N5O5. The van der Waals surface area contributed by atoms with Gasteiger partial charge in [0.25, 0.3) is 0 Å². The molecular weight excluding hydrogens is 648 g/mol. The van der Waals surface area contributed by atoms with Gasteiger partial charge < -0.3 is 20.3 Å². The van der Waals surface area contributed by atoms with Crippen LogP contribution < -0.4 is 15.4 Å². The lowest BCUT2D eigenvalue weighted by Crippen LogP contribution is -2.61. The topological polar surface area (TPSA) is 152 Å². The number of nitriles is 1. The Labute approximate surface area is 271 Å². The Kier molecular flexibility index (Phi) is 10.5. The molecule has 0 radical (unpaired) electrons. The van der Waals surface area contributed by atoms with Crippen molar-refractivity contribution >= 4 is 17.7 Å². The fraction of sp³-hybridized carbons (Fsp3) is 0.406. The predicted molar refractivity (Wildman–Crippen MR) is 158 cm³/mol. The molecule has 1 aliphatic rings. The van der Waals surface area contributed by atoms with Crippen LogP contribution in [0.4, 0.5) is 36.8 Å². The molecule has 1 aromatic heterocycles. The van der Waals surface area contributed by atoms with Crippen molar-refractivity contribution in [2.45, 2.75) is 69.9 Å². The van der Waals surface area contributed by atoms with E-state index in [1.54, 1.807) is 19.9 Å². The Hall–Kier alpha value is -4.91. The fourth-order valence-electron chi connectivity index (χ4n) is 5.52. The van der Waals surface area contributed by atoms with Crippen LogP contribution in [0, 0.1) is 11.3 Å². The molecule has 4 rings (SSSR count). The Morgan fingerprint density at radius 3 is 2.42 bits per heavy atom. The second-order valence-corrected chi connectivity index (χ2v) is 11.1. The summed E-state index contributed by atoms with van der Waals surface area (Å²) in [5, 5.41) is 19.4. The van der Waals surface area contributed by atoms with Crippen LogP contribution >= 0.6 is 0 Å². The molecule has 2 heterocycles. The number of carbonyl (C=O) groups is 2. The highest BCUT2D eigenvalue weighted by molar-refractivity contribution is 5.90. The Bertz CT molecular complexity index is 1720. The minimum Gasteiger partial charge on any atom is -0.490 e. The highest BCUT2D eigenvalue weighted by Gasteiger charge is 2.46. The molecule has 16 heteroatoms. The highest BCUT2D eigenvalue weighted by Crippen LogP contribution is 2.47. The van der Waals surface area contributed by atoms with Gasteiger partial charge >= 0.3 is 24.4 Å². The average molecular weight is 680 g/mol. The first-order valence-corrected chi connectivity index (χ1v) is 14.8. The molecule has 1 amide bonds. The number of esters is 1. The molecule has 0 spiro atoms. The number of anilines is 1. The number of carboxylic acid groups (broad SMARTS) is 1. The number of aromatic nitrogens is 2. The van der Waals surface area contributed by atoms with Crippen LogP contribution in [0.15, 0.2) is 42.6 Å². The van der Waals surface area contributed by atoms with Crippen molar-refractivity contribution < 1.29 is 50.5 Å². The van der Waals surface area contributed by atoms with E-state index in [0.29, 0.717) is 6.07 Å². The van der Waals surface area contributed by atoms with Crippen LogP contribution in [0.25, 0.3) is 0 Å². The third kappa shape index (κ3) is 7.96. The van der Waals surface area contributed by atoms with E-state index in [-0.39, 0.29) is 85.0 Å². The van der Waals surface area contributed by atoms with E-state index in [9.17, 15) is 46.3 Å². The van der Waals surface area contributed by atoms with Gasteiger partial charge in [0.2, 0.25) is 0 Å². The molecule has 0 saturated heterocycles. The van der Waals surface area contributed by atoms with E-state index in [1.165, 1.54) is 12.3 Å². The van der Waals surface area contributed by atoms with Crippen molar-refractivity contribution in [2.75, 3.05) is 18.1 Å². The van der Waals surface area contributed by atoms with Gasteiger partial charge in [0, 0.05) is 18.8 Å². The van der Waals surface area contributed by atoms with Crippen molar-refractivity contribution in [1.82, 2.24) is 9.97 Å². The van der Waals surface area contributed by atoms with E-state index in [2.05, 4.69) is 9.97 Å². The molecule has 0 fully saturated rings. The van der Waals surface area contributed by atoms with Gasteiger partial charge in [0.05, 0.1) is 53.6 Å². The van der Waals surface area contributed by atoms with Gasteiger partial charge in [0.15, 0.2) is 5.75 Å². The number of alkyl halides is 6. The summed E-state index contributed by atoms with van der Waals surface area (Å²) in [5.41, 5.74) is 2.47. The van der Waals surface area contributed by atoms with E-state index in [4.69, 9.17) is 15.2 Å². The third-order valence-corrected chi connectivity index (χ3v) is 7.85. The maximum absolute atomic E-state index is 13.8. The first kappa shape index (κ1) is 35.9. The molecule has 0 unspecified atom stereocenters. The number of halogens is 6. The second kappa shape index (κ2) is 14.1. The number of amides is 1. The highest BCUT2D eigenvalue weighted by atomic mass is 19.4. The Morgan fingerprint density at radius 1 is 1.10 bits per heavy atom. The summed E-state index contributed by atoms with van der Waals surface area (Å²) in [7, 11) is 0. The summed E-state index contributed by atoms with van der Waals surface area (Å²) in [5.74, 6) is -1.60. The van der Waals surface area contributed by atoms with Crippen LogP contribution in [0.3, 0.4) is 0 Å². The molecule has 10 nitrogen and oxygen atoms in total. The summed E-state index contributed by atoms with van der Waals surface area (Å²) in [4.78, 5) is 33.8. The van der Waals surface area contributed by atoms with Crippen LogP contribution in [0.2, 0.25) is 0 Å². The van der Waals surface area contributed by atoms with E-state index in [0.717, 1.165) is 29.2 Å². The van der Waals surface area contributed by atoms with E-state index >= 15 is 0 Å². The lowest BCUT2D eigenvalue weighted by atomic mass is 9.80. The summed E-state index contributed by atoms with van der Waals surface area (Å²) >= 11 is 0. The molecule has 2 aromatic carbocycles. The SMILES string of the molecule is CCOC(=O)CCCOc1cnc([C@H]2C[C@@](N)(CC)N(C(=O)O)c3ccc(C(F)(F)F)cc32)nc1Cc1cc(C#N)cc(C(F)(F)F)c1. The normalized spacial score (nSPS) is 17.8. The number of fused-ring (bicyclic) bond motifs is 1. The summed E-state index contributed by atoms with van der Waals surface area (Å²) in [6, 6.07) is 7.03. The fourth-order valence-corrected chi connectivity index (χ4v) is 5.52. The van der Waals surface area contributed by atoms with Crippen molar-refractivity contribution in [3.8, 4) is 11.8 Å². The summed E-state index contributed by atoms with van der Waals surface area (Å²) in [6.45, 7) is 3.40. The summed E-state index contributed by atoms with van der Waals surface area (Å²) in [6.07, 6.45) is -10.1. The van der Waals surface area contributed by atoms with E-state index in [1.807, 2.05) is 0 Å². The first-order valence-electron chi connectivity index (χ1n) is 14.8. The van der Waals surface area contributed by atoms with Gasteiger partial charge in [-0.2, -0.15) is 31.6 Å². The zero-order valence-electron chi connectivity index (χ0n) is 25.8. The summed E-state index contributed by atoms with van der Waals surface area (Å²) < 4.78 is 93.1. The monoisotopic (exact) mass is 679 g/mol. The van der Waals surface area contributed by atoms with Crippen LogP contribution in [-0.2, 0) is 28.3 Å². The molecule has 0 bridgehead atoms. The van der Waals surface area contributed by atoms with Crippen molar-refractivity contribution in [2.24, 2.45) is 5.73 Å². The number of carbonyl (C=O) groups excluding carboxylic acids is 1. The zero-order chi connectivity index (χ0) is 35.4. The minimum atomic E-state index is -4.77. The number of nitrogens with zero attached hydrogens (tertiary/aromatic N) is 4. The average Bonchev–Trinajstić information content (AvgIpc) is 3.01. The van der Waals surface area contributed by atoms with Gasteiger partial charge in [0.1, 0.15) is 11.5 Å². The predicted octanol–water partition coefficient (Wildman–Crippen LogP) is 6.78.